The number of fused-ring (bicyclic) bond motifs is 1. The van der Waals surface area contributed by atoms with Crippen molar-refractivity contribution in [2.45, 2.75) is 11.6 Å². The summed E-state index contributed by atoms with van der Waals surface area (Å²) >= 11 is 6.35. The number of aliphatic carboxylic acids is 1. The van der Waals surface area contributed by atoms with Crippen molar-refractivity contribution in [2.24, 2.45) is 0 Å². The Morgan fingerprint density at radius 1 is 1.21 bits per heavy atom. The van der Waals surface area contributed by atoms with Crippen molar-refractivity contribution in [2.75, 3.05) is 25.6 Å². The molecule has 2 heterocycles. The van der Waals surface area contributed by atoms with E-state index in [-0.39, 0.29) is 18.5 Å². The highest BCUT2D eigenvalue weighted by atomic mass is 35.5. The lowest BCUT2D eigenvalue weighted by Gasteiger charge is -2.39. The molecule has 0 saturated heterocycles. The first kappa shape index (κ1) is 22.5. The predicted octanol–water partition coefficient (Wildman–Crippen LogP) is 2.48. The number of anilines is 1. The van der Waals surface area contributed by atoms with Gasteiger partial charge in [0, 0.05) is 23.3 Å². The number of halogens is 1. The van der Waals surface area contributed by atoms with Gasteiger partial charge in [-0.1, -0.05) is 41.9 Å². The molecule has 1 aliphatic heterocycles. The molecule has 9 nitrogen and oxygen atoms in total. The number of aromatic nitrogens is 2. The lowest BCUT2D eigenvalue weighted by atomic mass is 9.77. The number of carboxylic acids is 1. The highest BCUT2D eigenvalue weighted by Gasteiger charge is 2.52. The average Bonchev–Trinajstić information content (AvgIpc) is 2.93. The van der Waals surface area contributed by atoms with Gasteiger partial charge in [0.15, 0.2) is 5.75 Å². The van der Waals surface area contributed by atoms with E-state index in [1.54, 1.807) is 49.5 Å². The Kier molecular flexibility index (Phi) is 6.17. The molecule has 0 saturated carbocycles. The number of methoxy groups -OCH3 is 1. The van der Waals surface area contributed by atoms with Crippen molar-refractivity contribution < 1.29 is 24.2 Å². The van der Waals surface area contributed by atoms with E-state index in [1.807, 2.05) is 6.07 Å². The normalized spacial score (nSPS) is 18.8. The first-order valence-corrected chi connectivity index (χ1v) is 10.4. The first-order valence-electron chi connectivity index (χ1n) is 9.99. The monoisotopic (exact) mass is 468 g/mol. The minimum Gasteiger partial charge on any atom is -0.494 e. The summed E-state index contributed by atoms with van der Waals surface area (Å²) in [5.41, 5.74) is 0.0357. The number of carboxylic acid groups (broad SMARTS) is 1. The standard InChI is InChI=1S/C23H21ClN4O5/c1-28-18-9-8-15(24)10-17(18)23(27-13-19(28)29,14-6-4-3-5-7-14)20(21(30)31)33-22-25-11-16(32-2)12-26-22/h3-12,20,27H,13H2,1-2H3,(H,30,31)/t20-,23+/m1/s1. The fraction of sp³-hybridized carbons (Fsp3) is 0.217. The third-order valence-corrected chi connectivity index (χ3v) is 5.78. The van der Waals surface area contributed by atoms with E-state index < -0.39 is 17.6 Å². The summed E-state index contributed by atoms with van der Waals surface area (Å²) in [6, 6.07) is 13.7. The molecule has 0 bridgehead atoms. The summed E-state index contributed by atoms with van der Waals surface area (Å²) in [6.45, 7) is -0.145. The maximum absolute atomic E-state index is 12.8. The molecule has 0 spiro atoms. The van der Waals surface area contributed by atoms with Gasteiger partial charge in [-0.3, -0.25) is 10.1 Å². The van der Waals surface area contributed by atoms with Gasteiger partial charge in [-0.15, -0.1) is 0 Å². The Hall–Kier alpha value is -3.69. The van der Waals surface area contributed by atoms with E-state index in [4.69, 9.17) is 21.1 Å². The van der Waals surface area contributed by atoms with E-state index in [2.05, 4.69) is 15.3 Å². The van der Waals surface area contributed by atoms with Crippen LogP contribution < -0.4 is 19.7 Å². The number of carbonyl (C=O) groups is 2. The molecule has 3 aromatic rings. The fourth-order valence-corrected chi connectivity index (χ4v) is 4.10. The van der Waals surface area contributed by atoms with Crippen LogP contribution in [0, 0.1) is 0 Å². The molecule has 0 radical (unpaired) electrons. The Labute approximate surface area is 194 Å². The summed E-state index contributed by atoms with van der Waals surface area (Å²) in [7, 11) is 3.09. The number of nitrogens with one attached hydrogen (secondary N) is 1. The Morgan fingerprint density at radius 3 is 2.55 bits per heavy atom. The fourth-order valence-electron chi connectivity index (χ4n) is 3.92. The van der Waals surface area contributed by atoms with Crippen LogP contribution in [0.25, 0.3) is 0 Å². The van der Waals surface area contributed by atoms with Gasteiger partial charge in [-0.2, -0.15) is 9.97 Å². The molecule has 2 N–H and O–H groups in total. The number of hydrogen-bond donors (Lipinski definition) is 2. The largest absolute Gasteiger partial charge is 0.494 e. The smallest absolute Gasteiger partial charge is 0.347 e. The van der Waals surface area contributed by atoms with Crippen LogP contribution in [-0.4, -0.2) is 53.8 Å². The molecule has 2 atom stereocenters. The Morgan fingerprint density at radius 2 is 1.91 bits per heavy atom. The number of likely N-dealkylation sites (N-methyl/N-ethyl adjacent to an activating group) is 1. The molecule has 4 rings (SSSR count). The summed E-state index contributed by atoms with van der Waals surface area (Å²) in [6.07, 6.45) is 1.18. The highest BCUT2D eigenvalue weighted by Crippen LogP contribution is 2.42. The number of rotatable bonds is 6. The number of benzene rings is 2. The third kappa shape index (κ3) is 4.08. The van der Waals surface area contributed by atoms with Gasteiger partial charge in [-0.05, 0) is 23.8 Å². The lowest BCUT2D eigenvalue weighted by molar-refractivity contribution is -0.149. The Balaban J connectivity index is 1.97. The zero-order chi connectivity index (χ0) is 23.6. The summed E-state index contributed by atoms with van der Waals surface area (Å²) < 4.78 is 10.9. The van der Waals surface area contributed by atoms with E-state index >= 15 is 0 Å². The van der Waals surface area contributed by atoms with Crippen molar-refractivity contribution >= 4 is 29.2 Å². The minimum atomic E-state index is -1.56. The van der Waals surface area contributed by atoms with Gasteiger partial charge in [0.1, 0.15) is 5.54 Å². The number of nitrogens with zero attached hydrogens (tertiary/aromatic N) is 3. The van der Waals surface area contributed by atoms with E-state index in [0.717, 1.165) is 0 Å². The van der Waals surface area contributed by atoms with Gasteiger partial charge < -0.3 is 19.5 Å². The quantitative estimate of drug-likeness (QED) is 0.567. The second-order valence-corrected chi connectivity index (χ2v) is 7.82. The molecule has 1 aliphatic rings. The van der Waals surface area contributed by atoms with Crippen LogP contribution in [0.3, 0.4) is 0 Å². The van der Waals surface area contributed by atoms with Crippen LogP contribution in [-0.2, 0) is 15.1 Å². The molecule has 0 fully saturated rings. The molecule has 2 aromatic carbocycles. The number of amides is 1. The average molecular weight is 469 g/mol. The summed E-state index contributed by atoms with van der Waals surface area (Å²) in [4.78, 5) is 35.1. The van der Waals surface area contributed by atoms with Crippen LogP contribution >= 0.6 is 11.6 Å². The molecule has 33 heavy (non-hydrogen) atoms. The zero-order valence-electron chi connectivity index (χ0n) is 17.9. The van der Waals surface area contributed by atoms with Gasteiger partial charge >= 0.3 is 12.0 Å². The topological polar surface area (TPSA) is 114 Å². The van der Waals surface area contributed by atoms with Crippen LogP contribution in [0.5, 0.6) is 11.8 Å². The predicted molar refractivity (Wildman–Crippen MR) is 121 cm³/mol. The number of ether oxygens (including phenoxy) is 2. The molecular formula is C23H21ClN4O5. The highest BCUT2D eigenvalue weighted by molar-refractivity contribution is 6.30. The zero-order valence-corrected chi connectivity index (χ0v) is 18.6. The molecule has 10 heteroatoms. The first-order chi connectivity index (χ1) is 15.9. The second kappa shape index (κ2) is 9.05. The molecule has 170 valence electrons. The van der Waals surface area contributed by atoms with Crippen LogP contribution in [0.2, 0.25) is 5.02 Å². The molecular weight excluding hydrogens is 448 g/mol. The van der Waals surface area contributed by atoms with E-state index in [1.165, 1.54) is 24.4 Å². The molecule has 1 aromatic heterocycles. The number of hydrogen-bond acceptors (Lipinski definition) is 7. The minimum absolute atomic E-state index is 0.145. The third-order valence-electron chi connectivity index (χ3n) is 5.55. The number of carbonyl (C=O) groups excluding carboxylic acids is 1. The molecule has 1 amide bonds. The Bertz CT molecular complexity index is 1180. The van der Waals surface area contributed by atoms with Gasteiger partial charge in [0.2, 0.25) is 12.0 Å². The molecule has 0 aliphatic carbocycles. The van der Waals surface area contributed by atoms with Crippen molar-refractivity contribution in [3.63, 3.8) is 0 Å². The van der Waals surface area contributed by atoms with Crippen molar-refractivity contribution in [1.82, 2.24) is 15.3 Å². The SMILES string of the molecule is COc1cnc(O[C@H](C(=O)O)[C@@]2(c3ccccc3)NCC(=O)N(C)c3ccc(Cl)cc32)nc1. The van der Waals surface area contributed by atoms with E-state index in [0.29, 0.717) is 27.6 Å². The van der Waals surface area contributed by atoms with Gasteiger partial charge in [0.05, 0.1) is 26.0 Å². The lowest BCUT2D eigenvalue weighted by Crippen LogP contribution is -2.58. The molecule has 0 unspecified atom stereocenters. The second-order valence-electron chi connectivity index (χ2n) is 7.38. The van der Waals surface area contributed by atoms with Crippen LogP contribution in [0.15, 0.2) is 60.9 Å². The summed E-state index contributed by atoms with van der Waals surface area (Å²) in [5, 5.41) is 13.9. The van der Waals surface area contributed by atoms with Gasteiger partial charge in [0.25, 0.3) is 0 Å². The van der Waals surface area contributed by atoms with Crippen molar-refractivity contribution in [3.8, 4) is 11.8 Å². The van der Waals surface area contributed by atoms with Crippen LogP contribution in [0.1, 0.15) is 11.1 Å². The van der Waals surface area contributed by atoms with Crippen LogP contribution in [0.4, 0.5) is 5.69 Å². The van der Waals surface area contributed by atoms with Crippen molar-refractivity contribution in [1.29, 1.82) is 0 Å². The van der Waals surface area contributed by atoms with Gasteiger partial charge in [-0.25, -0.2) is 4.79 Å². The maximum atomic E-state index is 12.8. The van der Waals surface area contributed by atoms with E-state index in [9.17, 15) is 14.7 Å². The van der Waals surface area contributed by atoms with Crippen molar-refractivity contribution in [3.05, 3.63) is 77.1 Å². The summed E-state index contributed by atoms with van der Waals surface area (Å²) in [5.74, 6) is -1.14. The maximum Gasteiger partial charge on any atom is 0.347 e.